The summed E-state index contributed by atoms with van der Waals surface area (Å²) in [7, 11) is 0. The van der Waals surface area contributed by atoms with Gasteiger partial charge in [-0.1, -0.05) is 68.4 Å². The van der Waals surface area contributed by atoms with Crippen molar-refractivity contribution in [3.8, 4) is 11.1 Å². The van der Waals surface area contributed by atoms with E-state index in [0.29, 0.717) is 36.9 Å². The highest BCUT2D eigenvalue weighted by atomic mass is 32.2. The second kappa shape index (κ2) is 13.3. The fraction of sp³-hybridized carbons (Fsp3) is 0.333. The van der Waals surface area contributed by atoms with Gasteiger partial charge in [-0.05, 0) is 76.8 Å². The number of aryl methyl sites for hydroxylation is 1. The van der Waals surface area contributed by atoms with Crippen LogP contribution in [0, 0.1) is 6.92 Å². The highest BCUT2D eigenvalue weighted by molar-refractivity contribution is 7.98. The van der Waals surface area contributed by atoms with Gasteiger partial charge >= 0.3 is 5.97 Å². The minimum atomic E-state index is -1.03. The highest BCUT2D eigenvalue weighted by Crippen LogP contribution is 2.29. The van der Waals surface area contributed by atoms with E-state index in [1.54, 1.807) is 17.8 Å². The number of hydrogen-bond acceptors (Lipinski definition) is 4. The van der Waals surface area contributed by atoms with Gasteiger partial charge in [0.2, 0.25) is 0 Å². The number of carbonyl (C=O) groups is 2. The molecule has 0 aliphatic rings. The quantitative estimate of drug-likeness (QED) is 0.296. The number of carbonyl (C=O) groups excluding carboxylic acids is 1. The zero-order valence-corrected chi connectivity index (χ0v) is 22.2. The third-order valence-electron chi connectivity index (χ3n) is 6.16. The van der Waals surface area contributed by atoms with Gasteiger partial charge in [0.1, 0.15) is 6.04 Å². The first kappa shape index (κ1) is 27.5. The van der Waals surface area contributed by atoms with E-state index in [1.165, 1.54) is 5.56 Å². The fourth-order valence-electron chi connectivity index (χ4n) is 3.99. The molecule has 0 aromatic heterocycles. The molecule has 1 unspecified atom stereocenters. The van der Waals surface area contributed by atoms with Crippen LogP contribution in [0.1, 0.15) is 58.8 Å². The van der Waals surface area contributed by atoms with Gasteiger partial charge in [-0.25, -0.2) is 4.79 Å². The maximum atomic E-state index is 13.2. The smallest absolute Gasteiger partial charge is 0.326 e. The number of nitrogens with one attached hydrogen (secondary N) is 1. The summed E-state index contributed by atoms with van der Waals surface area (Å²) < 4.78 is 5.99. The predicted octanol–water partition coefficient (Wildman–Crippen LogP) is 6.44. The predicted molar refractivity (Wildman–Crippen MR) is 148 cm³/mol. The number of rotatable bonds is 12. The molecule has 0 aliphatic carbocycles. The summed E-state index contributed by atoms with van der Waals surface area (Å²) in [5, 5.41) is 12.3. The molecule has 0 spiro atoms. The van der Waals surface area contributed by atoms with E-state index in [4.69, 9.17) is 4.74 Å². The molecular weight excluding hydrogens is 470 g/mol. The number of carboxylic acid groups (broad SMARTS) is 1. The Labute approximate surface area is 218 Å². The lowest BCUT2D eigenvalue weighted by Crippen LogP contribution is -2.41. The van der Waals surface area contributed by atoms with E-state index in [0.717, 1.165) is 27.8 Å². The van der Waals surface area contributed by atoms with Crippen LogP contribution in [0.2, 0.25) is 0 Å². The van der Waals surface area contributed by atoms with Crippen molar-refractivity contribution < 1.29 is 19.4 Å². The SMILES string of the molecule is CSCCC(NC(=O)c1ccc(COCc2ccc(C(C)C)cc2)cc1-c1ccccc1C)C(=O)O. The van der Waals surface area contributed by atoms with E-state index < -0.39 is 12.0 Å². The maximum absolute atomic E-state index is 13.2. The lowest BCUT2D eigenvalue weighted by molar-refractivity contribution is -0.139. The molecule has 0 fully saturated rings. The minimum absolute atomic E-state index is 0.367. The Hall–Kier alpha value is -3.09. The van der Waals surface area contributed by atoms with Gasteiger partial charge in [-0.3, -0.25) is 4.79 Å². The number of benzene rings is 3. The topological polar surface area (TPSA) is 75.6 Å². The average molecular weight is 506 g/mol. The summed E-state index contributed by atoms with van der Waals surface area (Å²) in [6.45, 7) is 7.24. The third-order valence-corrected chi connectivity index (χ3v) is 6.81. The molecule has 3 aromatic carbocycles. The molecule has 3 aromatic rings. The lowest BCUT2D eigenvalue weighted by atomic mass is 9.93. The lowest BCUT2D eigenvalue weighted by Gasteiger charge is -2.18. The van der Waals surface area contributed by atoms with Gasteiger partial charge in [0.25, 0.3) is 5.91 Å². The van der Waals surface area contributed by atoms with Crippen molar-refractivity contribution >= 4 is 23.6 Å². The second-order valence-electron chi connectivity index (χ2n) is 9.23. The van der Waals surface area contributed by atoms with Gasteiger partial charge < -0.3 is 15.2 Å². The van der Waals surface area contributed by atoms with Gasteiger partial charge in [0.05, 0.1) is 13.2 Å². The van der Waals surface area contributed by atoms with Crippen LogP contribution in [0.15, 0.2) is 66.7 Å². The first-order chi connectivity index (χ1) is 17.3. The Kier molecular flexibility index (Phi) is 10.1. The summed E-state index contributed by atoms with van der Waals surface area (Å²) in [4.78, 5) is 24.9. The molecule has 190 valence electrons. The molecule has 1 atom stereocenters. The first-order valence-corrected chi connectivity index (χ1v) is 13.6. The van der Waals surface area contributed by atoms with E-state index in [1.807, 2.05) is 49.6 Å². The Morgan fingerprint density at radius 2 is 1.61 bits per heavy atom. The van der Waals surface area contributed by atoms with E-state index >= 15 is 0 Å². The summed E-state index contributed by atoms with van der Waals surface area (Å²) in [6, 6.07) is 21.0. The molecule has 0 bridgehead atoms. The van der Waals surface area contributed by atoms with Crippen molar-refractivity contribution in [2.75, 3.05) is 12.0 Å². The van der Waals surface area contributed by atoms with Crippen LogP contribution < -0.4 is 5.32 Å². The molecule has 0 saturated heterocycles. The number of hydrogen-bond donors (Lipinski definition) is 2. The number of aliphatic carboxylic acids is 1. The number of thioether (sulfide) groups is 1. The first-order valence-electron chi connectivity index (χ1n) is 12.2. The van der Waals surface area contributed by atoms with Crippen LogP contribution in [0.4, 0.5) is 0 Å². The standard InChI is InChI=1S/C30H35NO4S/c1-20(2)24-12-9-22(10-13-24)18-35-19-23-11-14-26(27(17-23)25-8-6-5-7-21(25)3)29(32)31-28(30(33)34)15-16-36-4/h5-14,17,20,28H,15-16,18-19H2,1-4H3,(H,31,32)(H,33,34). The van der Waals surface area contributed by atoms with E-state index in [2.05, 4.69) is 43.4 Å². The number of amides is 1. The molecule has 1 amide bonds. The Morgan fingerprint density at radius 1 is 0.944 bits per heavy atom. The summed E-state index contributed by atoms with van der Waals surface area (Å²) in [5.41, 5.74) is 6.54. The molecule has 0 saturated carbocycles. The normalized spacial score (nSPS) is 11.9. The minimum Gasteiger partial charge on any atom is -0.480 e. The van der Waals surface area contributed by atoms with Crippen molar-refractivity contribution in [3.63, 3.8) is 0 Å². The number of carboxylic acids is 1. The Morgan fingerprint density at radius 3 is 2.25 bits per heavy atom. The van der Waals surface area contributed by atoms with Gasteiger partial charge in [0.15, 0.2) is 0 Å². The van der Waals surface area contributed by atoms with Crippen LogP contribution in [-0.4, -0.2) is 35.0 Å². The van der Waals surface area contributed by atoms with E-state index in [-0.39, 0.29) is 5.91 Å². The van der Waals surface area contributed by atoms with Gasteiger partial charge in [0, 0.05) is 5.56 Å². The highest BCUT2D eigenvalue weighted by Gasteiger charge is 2.22. The zero-order chi connectivity index (χ0) is 26.1. The van der Waals surface area contributed by atoms with Crippen LogP contribution in [0.25, 0.3) is 11.1 Å². The molecule has 0 aliphatic heterocycles. The monoisotopic (exact) mass is 505 g/mol. The van der Waals surface area contributed by atoms with Crippen LogP contribution in [0.3, 0.4) is 0 Å². The number of ether oxygens (including phenoxy) is 1. The summed E-state index contributed by atoms with van der Waals surface area (Å²) >= 11 is 1.55. The average Bonchev–Trinajstić information content (AvgIpc) is 2.86. The van der Waals surface area contributed by atoms with Crippen LogP contribution >= 0.6 is 11.8 Å². The molecular formula is C30H35NO4S. The Balaban J connectivity index is 1.81. The molecule has 5 nitrogen and oxygen atoms in total. The summed E-state index contributed by atoms with van der Waals surface area (Å²) in [5.74, 6) is -0.272. The molecule has 0 radical (unpaired) electrons. The van der Waals surface area contributed by atoms with Crippen molar-refractivity contribution in [2.45, 2.75) is 52.4 Å². The van der Waals surface area contributed by atoms with Gasteiger partial charge in [-0.2, -0.15) is 11.8 Å². The van der Waals surface area contributed by atoms with Crippen molar-refractivity contribution in [1.82, 2.24) is 5.32 Å². The zero-order valence-electron chi connectivity index (χ0n) is 21.4. The third kappa shape index (κ3) is 7.45. The van der Waals surface area contributed by atoms with Crippen molar-refractivity contribution in [3.05, 3.63) is 94.5 Å². The van der Waals surface area contributed by atoms with Crippen LogP contribution in [-0.2, 0) is 22.7 Å². The molecule has 2 N–H and O–H groups in total. The van der Waals surface area contributed by atoms with E-state index in [9.17, 15) is 14.7 Å². The fourth-order valence-corrected chi connectivity index (χ4v) is 4.46. The Bertz CT molecular complexity index is 1170. The molecule has 6 heteroatoms. The second-order valence-corrected chi connectivity index (χ2v) is 10.2. The van der Waals surface area contributed by atoms with Gasteiger partial charge in [-0.15, -0.1) is 0 Å². The van der Waals surface area contributed by atoms with Crippen LogP contribution in [0.5, 0.6) is 0 Å². The summed E-state index contributed by atoms with van der Waals surface area (Å²) in [6.07, 6.45) is 2.28. The largest absolute Gasteiger partial charge is 0.480 e. The molecule has 36 heavy (non-hydrogen) atoms. The van der Waals surface area contributed by atoms with Crippen molar-refractivity contribution in [2.24, 2.45) is 0 Å². The maximum Gasteiger partial charge on any atom is 0.326 e. The molecule has 0 heterocycles. The molecule has 3 rings (SSSR count). The van der Waals surface area contributed by atoms with Crippen molar-refractivity contribution in [1.29, 1.82) is 0 Å².